The third-order valence-corrected chi connectivity index (χ3v) is 4.57. The normalized spacial score (nSPS) is 14.4. The van der Waals surface area contributed by atoms with Gasteiger partial charge in [-0.25, -0.2) is 4.79 Å². The van der Waals surface area contributed by atoms with E-state index in [1.807, 2.05) is 5.38 Å². The molecule has 0 radical (unpaired) electrons. The van der Waals surface area contributed by atoms with Crippen LogP contribution < -0.4 is 10.6 Å². The summed E-state index contributed by atoms with van der Waals surface area (Å²) in [6.07, 6.45) is 1.11. The molecule has 3 rings (SSSR count). The van der Waals surface area contributed by atoms with Crippen molar-refractivity contribution in [1.29, 1.82) is 0 Å². The molecule has 1 saturated carbocycles. The SMILES string of the molecule is C[C@@H](OC(=O)c1ccc(NC(=O)c2cccs2)cc1)C(=O)NC1CC1. The van der Waals surface area contributed by atoms with E-state index in [0.29, 0.717) is 16.1 Å². The summed E-state index contributed by atoms with van der Waals surface area (Å²) in [6, 6.07) is 10.1. The van der Waals surface area contributed by atoms with Crippen LogP contribution in [0.1, 0.15) is 39.8 Å². The van der Waals surface area contributed by atoms with Gasteiger partial charge in [0.1, 0.15) is 0 Å². The van der Waals surface area contributed by atoms with Crippen molar-refractivity contribution in [3.8, 4) is 0 Å². The van der Waals surface area contributed by atoms with Crippen molar-refractivity contribution in [3.05, 3.63) is 52.2 Å². The molecule has 1 aliphatic rings. The van der Waals surface area contributed by atoms with Crippen LogP contribution in [0.4, 0.5) is 5.69 Å². The summed E-state index contributed by atoms with van der Waals surface area (Å²) in [5.41, 5.74) is 0.898. The monoisotopic (exact) mass is 358 g/mol. The third kappa shape index (κ3) is 4.67. The third-order valence-electron chi connectivity index (χ3n) is 3.70. The van der Waals surface area contributed by atoms with Crippen molar-refractivity contribution < 1.29 is 19.1 Å². The highest BCUT2D eigenvalue weighted by molar-refractivity contribution is 7.12. The Kier molecular flexibility index (Phi) is 5.14. The Labute approximate surface area is 149 Å². The van der Waals surface area contributed by atoms with E-state index in [0.717, 1.165) is 12.8 Å². The largest absolute Gasteiger partial charge is 0.449 e. The minimum atomic E-state index is -0.841. The zero-order valence-corrected chi connectivity index (χ0v) is 14.5. The maximum atomic E-state index is 12.1. The second-order valence-electron chi connectivity index (χ2n) is 5.84. The van der Waals surface area contributed by atoms with Gasteiger partial charge < -0.3 is 15.4 Å². The summed E-state index contributed by atoms with van der Waals surface area (Å²) in [6.45, 7) is 1.55. The van der Waals surface area contributed by atoms with Crippen molar-refractivity contribution >= 4 is 34.8 Å². The second kappa shape index (κ2) is 7.48. The summed E-state index contributed by atoms with van der Waals surface area (Å²) in [5.74, 6) is -1.05. The molecule has 7 heteroatoms. The Morgan fingerprint density at radius 1 is 1.16 bits per heavy atom. The van der Waals surface area contributed by atoms with Gasteiger partial charge in [-0.3, -0.25) is 9.59 Å². The Morgan fingerprint density at radius 2 is 1.88 bits per heavy atom. The van der Waals surface area contributed by atoms with Crippen molar-refractivity contribution in [3.63, 3.8) is 0 Å². The highest BCUT2D eigenvalue weighted by Gasteiger charge is 2.27. The van der Waals surface area contributed by atoms with Gasteiger partial charge in [-0.15, -0.1) is 11.3 Å². The topological polar surface area (TPSA) is 84.5 Å². The van der Waals surface area contributed by atoms with Gasteiger partial charge >= 0.3 is 5.97 Å². The first-order chi connectivity index (χ1) is 12.0. The predicted molar refractivity (Wildman–Crippen MR) is 94.8 cm³/mol. The number of nitrogens with one attached hydrogen (secondary N) is 2. The molecule has 1 aromatic carbocycles. The highest BCUT2D eigenvalue weighted by Crippen LogP contribution is 2.19. The van der Waals surface area contributed by atoms with Gasteiger partial charge in [0.15, 0.2) is 6.10 Å². The van der Waals surface area contributed by atoms with Crippen molar-refractivity contribution in [2.45, 2.75) is 31.9 Å². The standard InChI is InChI=1S/C18H18N2O4S/c1-11(16(21)19-14-8-9-14)24-18(23)12-4-6-13(7-5-12)20-17(22)15-3-2-10-25-15/h2-7,10-11,14H,8-9H2,1H3,(H,19,21)(H,20,22)/t11-/m1/s1. The number of benzene rings is 1. The molecular weight excluding hydrogens is 340 g/mol. The van der Waals surface area contributed by atoms with E-state index >= 15 is 0 Å². The zero-order valence-electron chi connectivity index (χ0n) is 13.7. The van der Waals surface area contributed by atoms with Crippen molar-refractivity contribution in [2.24, 2.45) is 0 Å². The van der Waals surface area contributed by atoms with E-state index in [1.165, 1.54) is 11.3 Å². The second-order valence-corrected chi connectivity index (χ2v) is 6.79. The van der Waals surface area contributed by atoms with E-state index in [-0.39, 0.29) is 17.9 Å². The number of carbonyl (C=O) groups is 3. The fourth-order valence-electron chi connectivity index (χ4n) is 2.12. The Hall–Kier alpha value is -2.67. The number of amides is 2. The molecule has 1 aromatic heterocycles. The number of hydrogen-bond acceptors (Lipinski definition) is 5. The Bertz CT molecular complexity index is 767. The molecule has 6 nitrogen and oxygen atoms in total. The first-order valence-corrected chi connectivity index (χ1v) is 8.87. The fourth-order valence-corrected chi connectivity index (χ4v) is 2.74. The highest BCUT2D eigenvalue weighted by atomic mass is 32.1. The molecule has 0 spiro atoms. The minimum Gasteiger partial charge on any atom is -0.449 e. The lowest BCUT2D eigenvalue weighted by Gasteiger charge is -2.13. The lowest BCUT2D eigenvalue weighted by Crippen LogP contribution is -2.37. The van der Waals surface area contributed by atoms with Crippen molar-refractivity contribution in [2.75, 3.05) is 5.32 Å². The molecule has 2 N–H and O–H groups in total. The van der Waals surface area contributed by atoms with Crippen LogP contribution in [0.2, 0.25) is 0 Å². The van der Waals surface area contributed by atoms with E-state index in [9.17, 15) is 14.4 Å². The summed E-state index contributed by atoms with van der Waals surface area (Å²) in [4.78, 5) is 36.5. The number of ether oxygens (including phenoxy) is 1. The molecule has 2 amide bonds. The molecule has 25 heavy (non-hydrogen) atoms. The van der Waals surface area contributed by atoms with E-state index in [1.54, 1.807) is 43.3 Å². The summed E-state index contributed by atoms with van der Waals surface area (Å²) < 4.78 is 5.17. The molecule has 1 fully saturated rings. The lowest BCUT2D eigenvalue weighted by atomic mass is 10.2. The molecule has 0 saturated heterocycles. The first kappa shape index (κ1) is 17.2. The number of hydrogen-bond donors (Lipinski definition) is 2. The van der Waals surface area contributed by atoms with Gasteiger partial charge in [-0.2, -0.15) is 0 Å². The molecule has 0 unspecified atom stereocenters. The first-order valence-electron chi connectivity index (χ1n) is 7.99. The van der Waals surface area contributed by atoms with Crippen LogP contribution in [-0.2, 0) is 9.53 Å². The van der Waals surface area contributed by atoms with Crippen LogP contribution in [0.15, 0.2) is 41.8 Å². The zero-order chi connectivity index (χ0) is 17.8. The average Bonchev–Trinajstić information content (AvgIpc) is 3.24. The quantitative estimate of drug-likeness (QED) is 0.778. The number of carbonyl (C=O) groups excluding carboxylic acids is 3. The molecule has 0 aliphatic heterocycles. The Balaban J connectivity index is 1.54. The van der Waals surface area contributed by atoms with Crippen LogP contribution in [-0.4, -0.2) is 29.9 Å². The van der Waals surface area contributed by atoms with Crippen LogP contribution in [0.25, 0.3) is 0 Å². The molecule has 1 aliphatic carbocycles. The maximum absolute atomic E-state index is 12.1. The van der Waals surface area contributed by atoms with Crippen LogP contribution in [0.5, 0.6) is 0 Å². The van der Waals surface area contributed by atoms with Gasteiger partial charge in [0.2, 0.25) is 0 Å². The minimum absolute atomic E-state index is 0.198. The van der Waals surface area contributed by atoms with Gasteiger partial charge in [-0.1, -0.05) is 6.07 Å². The number of anilines is 1. The maximum Gasteiger partial charge on any atom is 0.338 e. The molecule has 2 aromatic rings. The predicted octanol–water partition coefficient (Wildman–Crippen LogP) is 2.82. The summed E-state index contributed by atoms with van der Waals surface area (Å²) in [5, 5.41) is 7.37. The average molecular weight is 358 g/mol. The Morgan fingerprint density at radius 3 is 2.48 bits per heavy atom. The summed E-state index contributed by atoms with van der Waals surface area (Å²) >= 11 is 1.35. The van der Waals surface area contributed by atoms with Crippen LogP contribution >= 0.6 is 11.3 Å². The van der Waals surface area contributed by atoms with Gasteiger partial charge in [0.25, 0.3) is 11.8 Å². The van der Waals surface area contributed by atoms with E-state index in [2.05, 4.69) is 10.6 Å². The van der Waals surface area contributed by atoms with Crippen LogP contribution in [0.3, 0.4) is 0 Å². The number of esters is 1. The molecule has 1 heterocycles. The smallest absolute Gasteiger partial charge is 0.338 e. The molecular formula is C18H18N2O4S. The van der Waals surface area contributed by atoms with E-state index in [4.69, 9.17) is 4.74 Å². The fraction of sp³-hybridized carbons (Fsp3) is 0.278. The number of rotatable bonds is 6. The van der Waals surface area contributed by atoms with Gasteiger partial charge in [0, 0.05) is 11.7 Å². The summed E-state index contributed by atoms with van der Waals surface area (Å²) in [7, 11) is 0. The van der Waals surface area contributed by atoms with Crippen molar-refractivity contribution in [1.82, 2.24) is 5.32 Å². The molecule has 130 valence electrons. The van der Waals surface area contributed by atoms with Gasteiger partial charge in [0.05, 0.1) is 10.4 Å². The van der Waals surface area contributed by atoms with E-state index < -0.39 is 12.1 Å². The molecule has 0 bridgehead atoms. The van der Waals surface area contributed by atoms with Gasteiger partial charge in [-0.05, 0) is 55.5 Å². The number of thiophene rings is 1. The lowest BCUT2D eigenvalue weighted by molar-refractivity contribution is -0.129. The molecule has 1 atom stereocenters. The van der Waals surface area contributed by atoms with Crippen LogP contribution in [0, 0.1) is 0 Å².